The zero-order valence-electron chi connectivity index (χ0n) is 6.58. The van der Waals surface area contributed by atoms with Crippen molar-refractivity contribution in [3.8, 4) is 0 Å². The Bertz CT molecular complexity index is 149. The van der Waals surface area contributed by atoms with E-state index in [0.29, 0.717) is 19.8 Å². The molecule has 64 valence electrons. The maximum atomic E-state index is 11.1. The molecule has 2 atom stereocenters. The standard InChI is InChI=1S/C7H13NO3/c1-2-11-7(9)5-3-10-4-6(5)8/h5-6H,2-4,8H2,1H3/t5-,6-/m1/s1. The van der Waals surface area contributed by atoms with Crippen LogP contribution in [0.1, 0.15) is 6.92 Å². The molecule has 11 heavy (non-hydrogen) atoms. The Balaban J connectivity index is 2.39. The predicted molar refractivity (Wildman–Crippen MR) is 38.9 cm³/mol. The van der Waals surface area contributed by atoms with E-state index in [2.05, 4.69) is 0 Å². The molecule has 0 radical (unpaired) electrons. The third-order valence-corrected chi connectivity index (χ3v) is 1.71. The van der Waals surface area contributed by atoms with Crippen LogP contribution in [0.25, 0.3) is 0 Å². The van der Waals surface area contributed by atoms with Crippen LogP contribution in [-0.4, -0.2) is 31.8 Å². The molecule has 1 saturated heterocycles. The van der Waals surface area contributed by atoms with Crippen molar-refractivity contribution in [2.45, 2.75) is 13.0 Å². The largest absolute Gasteiger partial charge is 0.466 e. The van der Waals surface area contributed by atoms with Gasteiger partial charge in [0.1, 0.15) is 0 Å². The second kappa shape index (κ2) is 3.69. The van der Waals surface area contributed by atoms with Gasteiger partial charge in [-0.2, -0.15) is 0 Å². The lowest BCUT2D eigenvalue weighted by molar-refractivity contribution is -0.148. The fraction of sp³-hybridized carbons (Fsp3) is 0.857. The van der Waals surface area contributed by atoms with Crippen LogP contribution in [0, 0.1) is 5.92 Å². The zero-order valence-corrected chi connectivity index (χ0v) is 6.58. The van der Waals surface area contributed by atoms with E-state index in [-0.39, 0.29) is 17.9 Å². The van der Waals surface area contributed by atoms with E-state index < -0.39 is 0 Å². The van der Waals surface area contributed by atoms with Crippen LogP contribution in [0.5, 0.6) is 0 Å². The first-order valence-corrected chi connectivity index (χ1v) is 3.75. The van der Waals surface area contributed by atoms with Gasteiger partial charge in [0.2, 0.25) is 0 Å². The lowest BCUT2D eigenvalue weighted by Gasteiger charge is -2.10. The number of ether oxygens (including phenoxy) is 2. The highest BCUT2D eigenvalue weighted by Gasteiger charge is 2.32. The van der Waals surface area contributed by atoms with Gasteiger partial charge in [-0.1, -0.05) is 0 Å². The maximum Gasteiger partial charge on any atom is 0.312 e. The van der Waals surface area contributed by atoms with Gasteiger partial charge in [-0.3, -0.25) is 4.79 Å². The first-order chi connectivity index (χ1) is 5.25. The fourth-order valence-electron chi connectivity index (χ4n) is 1.06. The minimum absolute atomic E-state index is 0.186. The average Bonchev–Trinajstić information content (AvgIpc) is 2.36. The molecule has 0 aromatic heterocycles. The maximum absolute atomic E-state index is 11.1. The van der Waals surface area contributed by atoms with Crippen molar-refractivity contribution in [1.29, 1.82) is 0 Å². The highest BCUT2D eigenvalue weighted by Crippen LogP contribution is 2.12. The molecule has 1 aliphatic heterocycles. The van der Waals surface area contributed by atoms with E-state index in [1.807, 2.05) is 0 Å². The number of hydrogen-bond donors (Lipinski definition) is 1. The summed E-state index contributed by atoms with van der Waals surface area (Å²) in [4.78, 5) is 11.1. The van der Waals surface area contributed by atoms with Crippen LogP contribution >= 0.6 is 0 Å². The van der Waals surface area contributed by atoms with E-state index in [1.54, 1.807) is 6.92 Å². The minimum atomic E-state index is -0.255. The van der Waals surface area contributed by atoms with Gasteiger partial charge in [0.25, 0.3) is 0 Å². The van der Waals surface area contributed by atoms with Gasteiger partial charge in [0.15, 0.2) is 0 Å². The zero-order chi connectivity index (χ0) is 8.27. The van der Waals surface area contributed by atoms with Gasteiger partial charge < -0.3 is 15.2 Å². The molecular weight excluding hydrogens is 146 g/mol. The van der Waals surface area contributed by atoms with Crippen LogP contribution in [-0.2, 0) is 14.3 Å². The van der Waals surface area contributed by atoms with Crippen molar-refractivity contribution in [1.82, 2.24) is 0 Å². The molecule has 4 nitrogen and oxygen atoms in total. The Morgan fingerprint density at radius 2 is 2.45 bits per heavy atom. The Morgan fingerprint density at radius 1 is 1.73 bits per heavy atom. The molecule has 2 N–H and O–H groups in total. The molecule has 1 fully saturated rings. The molecule has 0 saturated carbocycles. The third kappa shape index (κ3) is 1.91. The Hall–Kier alpha value is -0.610. The van der Waals surface area contributed by atoms with Gasteiger partial charge >= 0.3 is 5.97 Å². The lowest BCUT2D eigenvalue weighted by atomic mass is 10.1. The minimum Gasteiger partial charge on any atom is -0.466 e. The predicted octanol–water partition coefficient (Wildman–Crippen LogP) is -0.477. The number of nitrogens with two attached hydrogens (primary N) is 1. The summed E-state index contributed by atoms with van der Waals surface area (Å²) in [6.45, 7) is 3.05. The van der Waals surface area contributed by atoms with Crippen molar-refractivity contribution in [3.63, 3.8) is 0 Å². The Morgan fingerprint density at radius 3 is 2.91 bits per heavy atom. The van der Waals surface area contributed by atoms with Crippen LogP contribution < -0.4 is 5.73 Å². The van der Waals surface area contributed by atoms with Gasteiger partial charge in [0.05, 0.1) is 25.7 Å². The first-order valence-electron chi connectivity index (χ1n) is 3.75. The van der Waals surface area contributed by atoms with Gasteiger partial charge in [0, 0.05) is 6.04 Å². The Labute approximate surface area is 65.7 Å². The van der Waals surface area contributed by atoms with Crippen molar-refractivity contribution in [3.05, 3.63) is 0 Å². The monoisotopic (exact) mass is 159 g/mol. The second-order valence-corrected chi connectivity index (χ2v) is 2.56. The number of hydrogen-bond acceptors (Lipinski definition) is 4. The molecule has 0 aromatic carbocycles. The summed E-state index contributed by atoms with van der Waals surface area (Å²) in [5, 5.41) is 0. The topological polar surface area (TPSA) is 61.5 Å². The lowest BCUT2D eigenvalue weighted by Crippen LogP contribution is -2.35. The van der Waals surface area contributed by atoms with Gasteiger partial charge in [-0.15, -0.1) is 0 Å². The second-order valence-electron chi connectivity index (χ2n) is 2.56. The van der Waals surface area contributed by atoms with E-state index in [0.717, 1.165) is 0 Å². The summed E-state index contributed by atoms with van der Waals surface area (Å²) in [5.74, 6) is -0.493. The summed E-state index contributed by atoms with van der Waals surface area (Å²) in [6.07, 6.45) is 0. The molecule has 4 heteroatoms. The summed E-state index contributed by atoms with van der Waals surface area (Å²) in [5.41, 5.74) is 5.58. The van der Waals surface area contributed by atoms with Crippen molar-refractivity contribution < 1.29 is 14.3 Å². The first kappa shape index (κ1) is 8.49. The average molecular weight is 159 g/mol. The van der Waals surface area contributed by atoms with Crippen LogP contribution in [0.2, 0.25) is 0 Å². The van der Waals surface area contributed by atoms with Crippen LogP contribution in [0.4, 0.5) is 0 Å². The van der Waals surface area contributed by atoms with Crippen molar-refractivity contribution in [2.75, 3.05) is 19.8 Å². The quantitative estimate of drug-likeness (QED) is 0.553. The van der Waals surface area contributed by atoms with Gasteiger partial charge in [-0.05, 0) is 6.92 Å². The number of esters is 1. The molecule has 0 aromatic rings. The summed E-state index contributed by atoms with van der Waals surface area (Å²) < 4.78 is 9.81. The van der Waals surface area contributed by atoms with Crippen molar-refractivity contribution in [2.24, 2.45) is 11.7 Å². The Kier molecular flexibility index (Phi) is 2.84. The van der Waals surface area contributed by atoms with E-state index >= 15 is 0 Å². The highest BCUT2D eigenvalue weighted by molar-refractivity contribution is 5.73. The number of carbonyl (C=O) groups excluding carboxylic acids is 1. The molecule has 0 amide bonds. The third-order valence-electron chi connectivity index (χ3n) is 1.71. The van der Waals surface area contributed by atoms with E-state index in [9.17, 15) is 4.79 Å². The van der Waals surface area contributed by atoms with Crippen LogP contribution in [0.3, 0.4) is 0 Å². The molecule has 0 aliphatic carbocycles. The molecule has 1 rings (SSSR count). The highest BCUT2D eigenvalue weighted by atomic mass is 16.5. The normalized spacial score (nSPS) is 30.4. The smallest absolute Gasteiger partial charge is 0.312 e. The molecule has 1 heterocycles. The van der Waals surface area contributed by atoms with E-state index in [1.165, 1.54) is 0 Å². The number of rotatable bonds is 2. The molecular formula is C7H13NO3. The molecule has 1 aliphatic rings. The summed E-state index contributed by atoms with van der Waals surface area (Å²) in [7, 11) is 0. The number of carbonyl (C=O) groups is 1. The molecule has 0 bridgehead atoms. The van der Waals surface area contributed by atoms with Crippen molar-refractivity contribution >= 4 is 5.97 Å². The molecule has 0 spiro atoms. The SMILES string of the molecule is CCOC(=O)[C@@H]1COC[C@H]1N. The fourth-order valence-corrected chi connectivity index (χ4v) is 1.06. The summed E-state index contributed by atoms with van der Waals surface area (Å²) >= 11 is 0. The van der Waals surface area contributed by atoms with Crippen LogP contribution in [0.15, 0.2) is 0 Å². The van der Waals surface area contributed by atoms with Gasteiger partial charge in [-0.25, -0.2) is 0 Å². The molecule has 0 unspecified atom stereocenters. The van der Waals surface area contributed by atoms with E-state index in [4.69, 9.17) is 15.2 Å². The summed E-state index contributed by atoms with van der Waals surface area (Å²) in [6, 6.07) is -0.186.